The molecule has 0 unspecified atom stereocenters. The van der Waals surface area contributed by atoms with Gasteiger partial charge in [-0.25, -0.2) is 13.4 Å². The molecule has 0 saturated heterocycles. The van der Waals surface area contributed by atoms with E-state index >= 15 is 0 Å². The van der Waals surface area contributed by atoms with Crippen molar-refractivity contribution in [2.24, 2.45) is 0 Å². The van der Waals surface area contributed by atoms with Crippen molar-refractivity contribution in [3.8, 4) is 0 Å². The van der Waals surface area contributed by atoms with Gasteiger partial charge in [-0.2, -0.15) is 0 Å². The van der Waals surface area contributed by atoms with Crippen LogP contribution in [-0.2, 0) is 29.3 Å². The number of nitrogen functional groups attached to an aromatic ring is 1. The molecule has 1 aromatic carbocycles. The maximum absolute atomic E-state index is 12.8. The van der Waals surface area contributed by atoms with E-state index in [0.717, 1.165) is 6.26 Å². The third-order valence-corrected chi connectivity index (χ3v) is 5.68. The molecule has 0 bridgehead atoms. The van der Waals surface area contributed by atoms with Crippen LogP contribution in [0.15, 0.2) is 43.4 Å². The molecular weight excluding hydrogens is 384 g/mol. The predicted molar refractivity (Wildman–Crippen MR) is 103 cm³/mol. The summed E-state index contributed by atoms with van der Waals surface area (Å²) in [6.07, 6.45) is 1.38. The Morgan fingerprint density at radius 3 is 2.79 bits per heavy atom. The number of aromatic nitrogens is 2. The molecule has 2 aromatic heterocycles. The van der Waals surface area contributed by atoms with Crippen LogP contribution in [0.2, 0.25) is 0 Å². The zero-order chi connectivity index (χ0) is 20.1. The predicted octanol–water partition coefficient (Wildman–Crippen LogP) is 0.420. The zero-order valence-corrected chi connectivity index (χ0v) is 15.9. The molecule has 0 radical (unpaired) electrons. The fraction of sp³-hybridized carbons (Fsp3) is 0.278. The molecule has 10 heteroatoms. The Bertz CT molecular complexity index is 1310. The highest BCUT2D eigenvalue weighted by atomic mass is 32.2. The monoisotopic (exact) mass is 402 g/mol. The lowest BCUT2D eigenvalue weighted by atomic mass is 10.1. The van der Waals surface area contributed by atoms with E-state index in [-0.39, 0.29) is 29.6 Å². The highest BCUT2D eigenvalue weighted by Gasteiger charge is 2.25. The summed E-state index contributed by atoms with van der Waals surface area (Å²) in [5.41, 5.74) is 6.86. The second-order valence-corrected chi connectivity index (χ2v) is 8.73. The van der Waals surface area contributed by atoms with Crippen molar-refractivity contribution in [2.75, 3.05) is 18.5 Å². The zero-order valence-electron chi connectivity index (χ0n) is 15.1. The highest BCUT2D eigenvalue weighted by molar-refractivity contribution is 7.90. The smallest absolute Gasteiger partial charge is 0.256 e. The van der Waals surface area contributed by atoms with Gasteiger partial charge in [-0.3, -0.25) is 19.5 Å². The summed E-state index contributed by atoms with van der Waals surface area (Å²) in [4.78, 5) is 33.4. The van der Waals surface area contributed by atoms with E-state index in [0.29, 0.717) is 40.8 Å². The Hall–Kier alpha value is -2.98. The van der Waals surface area contributed by atoms with E-state index in [9.17, 15) is 18.0 Å². The van der Waals surface area contributed by atoms with E-state index in [1.54, 1.807) is 24.3 Å². The second kappa shape index (κ2) is 6.57. The van der Waals surface area contributed by atoms with Crippen LogP contribution in [-0.4, -0.2) is 36.1 Å². The minimum Gasteiger partial charge on any atom is -0.440 e. The number of nitrogens with two attached hydrogens (primary N) is 1. The van der Waals surface area contributed by atoms with Crippen molar-refractivity contribution >= 4 is 26.7 Å². The lowest BCUT2D eigenvalue weighted by Gasteiger charge is -2.27. The summed E-state index contributed by atoms with van der Waals surface area (Å²) in [5, 5.41) is 0.116. The van der Waals surface area contributed by atoms with Crippen molar-refractivity contribution in [1.82, 2.24) is 14.9 Å². The molecule has 9 nitrogen and oxygen atoms in total. The lowest BCUT2D eigenvalue weighted by Crippen LogP contribution is -2.37. The molecule has 1 aliphatic rings. The molecule has 0 aliphatic carbocycles. The number of nitrogens with one attached hydrogen (secondary N) is 1. The van der Waals surface area contributed by atoms with Gasteiger partial charge < -0.3 is 10.2 Å². The number of para-hydroxylation sites is 1. The van der Waals surface area contributed by atoms with Gasteiger partial charge in [0.2, 0.25) is 15.0 Å². The largest absolute Gasteiger partial charge is 0.440 e. The Labute approximate surface area is 159 Å². The van der Waals surface area contributed by atoms with Crippen molar-refractivity contribution in [3.05, 3.63) is 61.7 Å². The van der Waals surface area contributed by atoms with Crippen molar-refractivity contribution in [2.45, 2.75) is 24.7 Å². The van der Waals surface area contributed by atoms with Crippen molar-refractivity contribution < 1.29 is 12.8 Å². The molecule has 3 N–H and O–H groups in total. The van der Waals surface area contributed by atoms with Crippen LogP contribution in [0.3, 0.4) is 0 Å². The van der Waals surface area contributed by atoms with E-state index in [2.05, 4.69) is 9.97 Å². The van der Waals surface area contributed by atoms with Gasteiger partial charge in [0.25, 0.3) is 5.56 Å². The van der Waals surface area contributed by atoms with Gasteiger partial charge in [-0.05, 0) is 12.1 Å². The van der Waals surface area contributed by atoms with E-state index in [1.165, 1.54) is 0 Å². The standard InChI is InChI=1S/C18H18N4O5S/c1-28(25,26)18-20-13-6-7-22(8-11(13)17(24)21-18)9-12-15(23)10-4-2-3-5-14(10)27-16(12)19/h2-5H,6-9,19H2,1H3,(H,20,21,24). The highest BCUT2D eigenvalue weighted by Crippen LogP contribution is 2.21. The minimum atomic E-state index is -3.60. The fourth-order valence-corrected chi connectivity index (χ4v) is 3.89. The van der Waals surface area contributed by atoms with Crippen molar-refractivity contribution in [1.29, 1.82) is 0 Å². The third-order valence-electron chi connectivity index (χ3n) is 4.78. The van der Waals surface area contributed by atoms with Crippen LogP contribution >= 0.6 is 0 Å². The number of fused-ring (bicyclic) bond motifs is 2. The van der Waals surface area contributed by atoms with E-state index in [1.807, 2.05) is 4.90 Å². The number of hydrogen-bond donors (Lipinski definition) is 2. The van der Waals surface area contributed by atoms with Crippen LogP contribution < -0.4 is 16.7 Å². The molecule has 28 heavy (non-hydrogen) atoms. The number of nitrogens with zero attached hydrogens (tertiary/aromatic N) is 2. The number of sulfone groups is 1. The van der Waals surface area contributed by atoms with Crippen LogP contribution in [0.1, 0.15) is 16.8 Å². The van der Waals surface area contributed by atoms with Gasteiger partial charge in [-0.1, -0.05) is 12.1 Å². The number of aromatic amines is 1. The normalized spacial score (nSPS) is 14.9. The van der Waals surface area contributed by atoms with Gasteiger partial charge in [0.05, 0.1) is 22.2 Å². The Morgan fingerprint density at radius 1 is 1.29 bits per heavy atom. The first-order chi connectivity index (χ1) is 13.2. The molecular formula is C18H18N4O5S. The first-order valence-electron chi connectivity index (χ1n) is 8.58. The maximum atomic E-state index is 12.8. The third kappa shape index (κ3) is 3.20. The summed E-state index contributed by atoms with van der Waals surface area (Å²) in [6, 6.07) is 6.87. The van der Waals surface area contributed by atoms with Gasteiger partial charge in [-0.15, -0.1) is 0 Å². The van der Waals surface area contributed by atoms with Crippen LogP contribution in [0, 0.1) is 0 Å². The number of anilines is 1. The molecule has 0 atom stereocenters. The Balaban J connectivity index is 1.67. The minimum absolute atomic E-state index is 0.0500. The first kappa shape index (κ1) is 18.4. The van der Waals surface area contributed by atoms with E-state index in [4.69, 9.17) is 10.2 Å². The molecule has 0 saturated carbocycles. The summed E-state index contributed by atoms with van der Waals surface area (Å²) >= 11 is 0. The average molecular weight is 402 g/mol. The number of benzene rings is 1. The summed E-state index contributed by atoms with van der Waals surface area (Å²) in [7, 11) is -3.60. The van der Waals surface area contributed by atoms with Crippen molar-refractivity contribution in [3.63, 3.8) is 0 Å². The summed E-state index contributed by atoms with van der Waals surface area (Å²) in [5.74, 6) is 0.0500. The molecule has 0 fully saturated rings. The maximum Gasteiger partial charge on any atom is 0.256 e. The second-order valence-electron chi connectivity index (χ2n) is 6.80. The van der Waals surface area contributed by atoms with Crippen LogP contribution in [0.5, 0.6) is 0 Å². The molecule has 0 amide bonds. The molecule has 1 aliphatic heterocycles. The molecule has 0 spiro atoms. The van der Waals surface area contributed by atoms with Gasteiger partial charge in [0, 0.05) is 32.3 Å². The van der Waals surface area contributed by atoms with Gasteiger partial charge in [0.1, 0.15) is 5.58 Å². The first-order valence-corrected chi connectivity index (χ1v) is 10.5. The summed E-state index contributed by atoms with van der Waals surface area (Å²) in [6.45, 7) is 0.942. The Morgan fingerprint density at radius 2 is 2.04 bits per heavy atom. The average Bonchev–Trinajstić information content (AvgIpc) is 2.64. The quantitative estimate of drug-likeness (QED) is 0.601. The molecule has 4 rings (SSSR count). The van der Waals surface area contributed by atoms with Gasteiger partial charge in [0.15, 0.2) is 11.3 Å². The van der Waals surface area contributed by atoms with E-state index < -0.39 is 15.4 Å². The summed E-state index contributed by atoms with van der Waals surface area (Å²) < 4.78 is 28.9. The van der Waals surface area contributed by atoms with Crippen LogP contribution in [0.25, 0.3) is 11.0 Å². The number of H-pyrrole nitrogens is 1. The molecule has 146 valence electrons. The molecule has 3 aromatic rings. The fourth-order valence-electron chi connectivity index (χ4n) is 3.34. The number of rotatable bonds is 3. The van der Waals surface area contributed by atoms with Crippen LogP contribution in [0.4, 0.5) is 5.88 Å². The lowest BCUT2D eigenvalue weighted by molar-refractivity contribution is 0.239. The van der Waals surface area contributed by atoms with Gasteiger partial charge >= 0.3 is 0 Å². The SMILES string of the molecule is CS(=O)(=O)c1nc2c(c(=O)[nH]1)CN(Cc1c(N)oc3ccccc3c1=O)CC2. The number of hydrogen-bond acceptors (Lipinski definition) is 8. The Kier molecular flexibility index (Phi) is 4.31. The topological polar surface area (TPSA) is 139 Å². The molecule has 3 heterocycles.